The Bertz CT molecular complexity index is 456. The van der Waals surface area contributed by atoms with Crippen LogP contribution < -0.4 is 5.32 Å². The molecule has 1 heterocycles. The third kappa shape index (κ3) is 3.32. The minimum Gasteiger partial charge on any atom is -0.314 e. The summed E-state index contributed by atoms with van der Waals surface area (Å²) in [6, 6.07) is 3.09. The fourth-order valence-corrected chi connectivity index (χ4v) is 2.22. The Hall–Kier alpha value is -1.37. The van der Waals surface area contributed by atoms with Gasteiger partial charge in [0.15, 0.2) is 0 Å². The van der Waals surface area contributed by atoms with Gasteiger partial charge in [-0.3, -0.25) is 4.90 Å². The molecule has 0 saturated carbocycles. The van der Waals surface area contributed by atoms with Crippen molar-refractivity contribution in [2.75, 3.05) is 32.7 Å². The summed E-state index contributed by atoms with van der Waals surface area (Å²) in [7, 11) is 0. The highest BCUT2D eigenvalue weighted by atomic mass is 19.1. The van der Waals surface area contributed by atoms with Gasteiger partial charge in [0.05, 0.1) is 6.54 Å². The van der Waals surface area contributed by atoms with Crippen molar-refractivity contribution >= 4 is 0 Å². The van der Waals surface area contributed by atoms with Gasteiger partial charge < -0.3 is 5.32 Å². The summed E-state index contributed by atoms with van der Waals surface area (Å²) in [5.41, 5.74) is 2.80. The minimum absolute atomic E-state index is 0.183. The molecule has 2 nitrogen and oxygen atoms in total. The Balaban J connectivity index is 2.05. The van der Waals surface area contributed by atoms with Gasteiger partial charge in [-0.1, -0.05) is 11.8 Å². The highest BCUT2D eigenvalue weighted by Gasteiger charge is 2.07. The molecule has 0 atom stereocenters. The van der Waals surface area contributed by atoms with Gasteiger partial charge in [-0.2, -0.15) is 0 Å². The zero-order chi connectivity index (χ0) is 13.0. The number of aryl methyl sites for hydroxylation is 2. The molecule has 0 amide bonds. The predicted molar refractivity (Wildman–Crippen MR) is 72.1 cm³/mol. The topological polar surface area (TPSA) is 15.3 Å². The van der Waals surface area contributed by atoms with Gasteiger partial charge in [0.25, 0.3) is 0 Å². The molecule has 0 radical (unpaired) electrons. The van der Waals surface area contributed by atoms with Crippen LogP contribution in [0.15, 0.2) is 12.1 Å². The summed E-state index contributed by atoms with van der Waals surface area (Å²) in [4.78, 5) is 2.33. The largest absolute Gasteiger partial charge is 0.314 e. The Morgan fingerprint density at radius 2 is 1.83 bits per heavy atom. The van der Waals surface area contributed by atoms with Crippen LogP contribution in [0.3, 0.4) is 0 Å². The lowest BCUT2D eigenvalue weighted by atomic mass is 10.0. The van der Waals surface area contributed by atoms with E-state index < -0.39 is 0 Å². The summed E-state index contributed by atoms with van der Waals surface area (Å²) < 4.78 is 13.2. The van der Waals surface area contributed by atoms with Crippen LogP contribution in [0.25, 0.3) is 0 Å². The molecular formula is C15H19FN2. The van der Waals surface area contributed by atoms with Gasteiger partial charge in [0.2, 0.25) is 0 Å². The van der Waals surface area contributed by atoms with Crippen LogP contribution in [0, 0.1) is 31.5 Å². The van der Waals surface area contributed by atoms with Crippen LogP contribution in [-0.2, 0) is 0 Å². The molecule has 1 aromatic carbocycles. The third-order valence-electron chi connectivity index (χ3n) is 3.22. The number of hydrogen-bond acceptors (Lipinski definition) is 2. The van der Waals surface area contributed by atoms with Gasteiger partial charge in [-0.25, -0.2) is 4.39 Å². The highest BCUT2D eigenvalue weighted by molar-refractivity contribution is 5.46. The van der Waals surface area contributed by atoms with Crippen molar-refractivity contribution in [3.63, 3.8) is 0 Å². The van der Waals surface area contributed by atoms with E-state index in [1.165, 1.54) is 0 Å². The summed E-state index contributed by atoms with van der Waals surface area (Å²) in [5, 5.41) is 3.32. The Kier molecular flexibility index (Phi) is 4.35. The number of rotatable bonds is 1. The molecule has 0 aromatic heterocycles. The molecule has 3 heteroatoms. The monoisotopic (exact) mass is 246 g/mol. The number of hydrogen-bond donors (Lipinski definition) is 1. The number of halogens is 1. The average Bonchev–Trinajstić information content (AvgIpc) is 2.34. The first-order valence-corrected chi connectivity index (χ1v) is 6.35. The molecule has 0 aliphatic carbocycles. The summed E-state index contributed by atoms with van der Waals surface area (Å²) in [6.07, 6.45) is 0. The van der Waals surface area contributed by atoms with E-state index in [9.17, 15) is 4.39 Å². The normalized spacial score (nSPS) is 16.2. The first-order chi connectivity index (χ1) is 8.66. The first kappa shape index (κ1) is 13.1. The van der Waals surface area contributed by atoms with Crippen molar-refractivity contribution in [1.29, 1.82) is 0 Å². The highest BCUT2D eigenvalue weighted by Crippen LogP contribution is 2.14. The van der Waals surface area contributed by atoms with Gasteiger partial charge in [0, 0.05) is 31.7 Å². The zero-order valence-corrected chi connectivity index (χ0v) is 11.0. The maximum atomic E-state index is 13.2. The van der Waals surface area contributed by atoms with Crippen molar-refractivity contribution in [2.24, 2.45) is 0 Å². The van der Waals surface area contributed by atoms with E-state index in [1.54, 1.807) is 12.1 Å². The smallest absolute Gasteiger partial charge is 0.123 e. The molecule has 18 heavy (non-hydrogen) atoms. The van der Waals surface area contributed by atoms with E-state index in [-0.39, 0.29) is 5.82 Å². The quantitative estimate of drug-likeness (QED) is 0.759. The molecule has 96 valence electrons. The Labute approximate surface area is 108 Å². The molecule has 1 aromatic rings. The van der Waals surface area contributed by atoms with Gasteiger partial charge >= 0.3 is 0 Å². The van der Waals surface area contributed by atoms with Gasteiger partial charge in [-0.05, 0) is 37.1 Å². The molecule has 1 N–H and O–H groups in total. The van der Waals surface area contributed by atoms with Crippen LogP contribution >= 0.6 is 0 Å². The van der Waals surface area contributed by atoms with Crippen LogP contribution in [0.4, 0.5) is 4.39 Å². The SMILES string of the molecule is Cc1cc(F)cc(C)c1C#CCN1CCNCC1. The molecular weight excluding hydrogens is 227 g/mol. The van der Waals surface area contributed by atoms with Crippen LogP contribution in [0.5, 0.6) is 0 Å². The molecule has 0 spiro atoms. The molecule has 1 aliphatic heterocycles. The fraction of sp³-hybridized carbons (Fsp3) is 0.467. The zero-order valence-electron chi connectivity index (χ0n) is 11.0. The van der Waals surface area contributed by atoms with E-state index in [2.05, 4.69) is 22.1 Å². The molecule has 0 unspecified atom stereocenters. The van der Waals surface area contributed by atoms with E-state index >= 15 is 0 Å². The maximum Gasteiger partial charge on any atom is 0.123 e. The van der Waals surface area contributed by atoms with Crippen LogP contribution in [-0.4, -0.2) is 37.6 Å². The van der Waals surface area contributed by atoms with Crippen molar-refractivity contribution < 1.29 is 4.39 Å². The number of nitrogens with zero attached hydrogens (tertiary/aromatic N) is 1. The van der Waals surface area contributed by atoms with Crippen molar-refractivity contribution in [3.05, 3.63) is 34.6 Å². The first-order valence-electron chi connectivity index (χ1n) is 6.35. The Morgan fingerprint density at radius 1 is 1.22 bits per heavy atom. The van der Waals surface area contributed by atoms with Crippen molar-refractivity contribution in [3.8, 4) is 11.8 Å². The third-order valence-corrected chi connectivity index (χ3v) is 3.22. The lowest BCUT2D eigenvalue weighted by molar-refractivity contribution is 0.268. The van der Waals surface area contributed by atoms with Crippen LogP contribution in [0.2, 0.25) is 0 Å². The fourth-order valence-electron chi connectivity index (χ4n) is 2.22. The lowest BCUT2D eigenvalue weighted by Crippen LogP contribution is -2.43. The summed E-state index contributed by atoms with van der Waals surface area (Å²) in [5.74, 6) is 6.19. The molecule has 1 saturated heterocycles. The van der Waals surface area contributed by atoms with Gasteiger partial charge in [0.1, 0.15) is 5.82 Å². The minimum atomic E-state index is -0.183. The number of piperazine rings is 1. The summed E-state index contributed by atoms with van der Waals surface area (Å²) >= 11 is 0. The van der Waals surface area contributed by atoms with E-state index in [0.29, 0.717) is 0 Å². The van der Waals surface area contributed by atoms with Gasteiger partial charge in [-0.15, -0.1) is 0 Å². The van der Waals surface area contributed by atoms with Crippen molar-refractivity contribution in [1.82, 2.24) is 10.2 Å². The molecule has 2 rings (SSSR count). The maximum absolute atomic E-state index is 13.2. The lowest BCUT2D eigenvalue weighted by Gasteiger charge is -2.24. The second-order valence-corrected chi connectivity index (χ2v) is 4.74. The molecule has 0 bridgehead atoms. The van der Waals surface area contributed by atoms with Crippen LogP contribution in [0.1, 0.15) is 16.7 Å². The van der Waals surface area contributed by atoms with E-state index in [0.717, 1.165) is 49.4 Å². The summed E-state index contributed by atoms with van der Waals surface area (Å²) in [6.45, 7) is 8.78. The Morgan fingerprint density at radius 3 is 2.44 bits per heavy atom. The van der Waals surface area contributed by atoms with E-state index in [4.69, 9.17) is 0 Å². The van der Waals surface area contributed by atoms with Crippen molar-refractivity contribution in [2.45, 2.75) is 13.8 Å². The molecule has 1 aliphatic rings. The second-order valence-electron chi connectivity index (χ2n) is 4.74. The van der Waals surface area contributed by atoms with E-state index in [1.807, 2.05) is 13.8 Å². The molecule has 1 fully saturated rings. The second kappa shape index (κ2) is 5.99. The average molecular weight is 246 g/mol. The predicted octanol–water partition coefficient (Wildman–Crippen LogP) is 1.70. The number of benzene rings is 1. The number of nitrogens with one attached hydrogen (secondary N) is 1. The standard InChI is InChI=1S/C15H19FN2/c1-12-10-14(16)11-13(2)15(12)4-3-7-18-8-5-17-6-9-18/h10-11,17H,5-9H2,1-2H3.